The normalized spacial score (nSPS) is 12.1. The number of ether oxygens (including phenoxy) is 1. The SMILES string of the molecule is OC(COc1cccnc1)c1ccc(Cl)cc1. The summed E-state index contributed by atoms with van der Waals surface area (Å²) < 4.78 is 5.41. The zero-order valence-electron chi connectivity index (χ0n) is 9.08. The average molecular weight is 250 g/mol. The number of nitrogens with zero attached hydrogens (tertiary/aromatic N) is 1. The number of hydrogen-bond donors (Lipinski definition) is 1. The average Bonchev–Trinajstić information content (AvgIpc) is 2.38. The molecule has 0 radical (unpaired) electrons. The van der Waals surface area contributed by atoms with E-state index < -0.39 is 6.10 Å². The van der Waals surface area contributed by atoms with Gasteiger partial charge in [0.1, 0.15) is 18.5 Å². The molecule has 0 saturated carbocycles. The van der Waals surface area contributed by atoms with Gasteiger partial charge in [0.25, 0.3) is 0 Å². The molecule has 2 aromatic rings. The fourth-order valence-corrected chi connectivity index (χ4v) is 1.51. The van der Waals surface area contributed by atoms with Gasteiger partial charge >= 0.3 is 0 Å². The fraction of sp³-hybridized carbons (Fsp3) is 0.154. The summed E-state index contributed by atoms with van der Waals surface area (Å²) in [4.78, 5) is 3.92. The molecule has 0 spiro atoms. The molecule has 0 saturated heterocycles. The molecule has 0 aliphatic rings. The van der Waals surface area contributed by atoms with Crippen LogP contribution < -0.4 is 4.74 Å². The molecule has 0 aliphatic carbocycles. The van der Waals surface area contributed by atoms with Gasteiger partial charge in [0, 0.05) is 11.2 Å². The Labute approximate surface area is 105 Å². The van der Waals surface area contributed by atoms with Crippen LogP contribution in [0.5, 0.6) is 5.75 Å². The Morgan fingerprint density at radius 3 is 2.65 bits per heavy atom. The van der Waals surface area contributed by atoms with Gasteiger partial charge in [0.2, 0.25) is 0 Å². The number of aromatic nitrogens is 1. The van der Waals surface area contributed by atoms with Gasteiger partial charge in [0.05, 0.1) is 6.20 Å². The Morgan fingerprint density at radius 1 is 1.24 bits per heavy atom. The molecule has 0 bridgehead atoms. The van der Waals surface area contributed by atoms with Crippen LogP contribution in [0.3, 0.4) is 0 Å². The van der Waals surface area contributed by atoms with Crippen LogP contribution in [-0.4, -0.2) is 16.7 Å². The van der Waals surface area contributed by atoms with Gasteiger partial charge in [-0.1, -0.05) is 23.7 Å². The van der Waals surface area contributed by atoms with Crippen molar-refractivity contribution < 1.29 is 9.84 Å². The molecule has 2 rings (SSSR count). The van der Waals surface area contributed by atoms with Crippen LogP contribution in [-0.2, 0) is 0 Å². The molecule has 88 valence electrons. The molecule has 0 amide bonds. The number of benzene rings is 1. The van der Waals surface area contributed by atoms with Gasteiger partial charge in [-0.2, -0.15) is 0 Å². The summed E-state index contributed by atoms with van der Waals surface area (Å²) >= 11 is 5.77. The maximum atomic E-state index is 9.88. The summed E-state index contributed by atoms with van der Waals surface area (Å²) in [6, 6.07) is 10.6. The minimum absolute atomic E-state index is 0.188. The van der Waals surface area contributed by atoms with Crippen molar-refractivity contribution in [2.24, 2.45) is 0 Å². The van der Waals surface area contributed by atoms with Gasteiger partial charge in [-0.3, -0.25) is 4.98 Å². The topological polar surface area (TPSA) is 42.4 Å². The minimum Gasteiger partial charge on any atom is -0.489 e. The molecule has 0 fully saturated rings. The minimum atomic E-state index is -0.674. The standard InChI is InChI=1S/C13H12ClNO2/c14-11-5-3-10(4-6-11)13(16)9-17-12-2-1-7-15-8-12/h1-8,13,16H,9H2. The highest BCUT2D eigenvalue weighted by molar-refractivity contribution is 6.30. The summed E-state index contributed by atoms with van der Waals surface area (Å²) in [7, 11) is 0. The van der Waals surface area contributed by atoms with Crippen LogP contribution in [0.2, 0.25) is 5.02 Å². The lowest BCUT2D eigenvalue weighted by molar-refractivity contribution is 0.108. The predicted molar refractivity (Wildman–Crippen MR) is 66.1 cm³/mol. The molecule has 1 aromatic carbocycles. The van der Waals surface area contributed by atoms with Crippen molar-refractivity contribution in [3.63, 3.8) is 0 Å². The van der Waals surface area contributed by atoms with Crippen molar-refractivity contribution in [1.82, 2.24) is 4.98 Å². The van der Waals surface area contributed by atoms with Crippen molar-refractivity contribution in [3.05, 3.63) is 59.4 Å². The third-order valence-corrected chi connectivity index (χ3v) is 2.55. The largest absolute Gasteiger partial charge is 0.489 e. The molecular formula is C13H12ClNO2. The van der Waals surface area contributed by atoms with Crippen LogP contribution in [0.15, 0.2) is 48.8 Å². The number of rotatable bonds is 4. The Bertz CT molecular complexity index is 459. The Hall–Kier alpha value is -1.58. The molecule has 1 aromatic heterocycles. The molecule has 17 heavy (non-hydrogen) atoms. The number of halogens is 1. The second-order valence-electron chi connectivity index (χ2n) is 3.57. The van der Waals surface area contributed by atoms with E-state index in [1.807, 2.05) is 0 Å². The third-order valence-electron chi connectivity index (χ3n) is 2.30. The van der Waals surface area contributed by atoms with Crippen LogP contribution in [0.4, 0.5) is 0 Å². The third kappa shape index (κ3) is 3.44. The first-order valence-electron chi connectivity index (χ1n) is 5.22. The van der Waals surface area contributed by atoms with E-state index in [4.69, 9.17) is 16.3 Å². The monoisotopic (exact) mass is 249 g/mol. The Kier molecular flexibility index (Phi) is 3.96. The van der Waals surface area contributed by atoms with Crippen LogP contribution in [0.1, 0.15) is 11.7 Å². The second-order valence-corrected chi connectivity index (χ2v) is 4.00. The van der Waals surface area contributed by atoms with Gasteiger partial charge in [-0.25, -0.2) is 0 Å². The zero-order valence-corrected chi connectivity index (χ0v) is 9.84. The van der Waals surface area contributed by atoms with Crippen LogP contribution in [0, 0.1) is 0 Å². The lowest BCUT2D eigenvalue weighted by Gasteiger charge is -2.12. The second kappa shape index (κ2) is 5.66. The smallest absolute Gasteiger partial charge is 0.137 e. The number of aliphatic hydroxyl groups excluding tert-OH is 1. The first kappa shape index (κ1) is 11.9. The van der Waals surface area contributed by atoms with E-state index in [0.717, 1.165) is 5.56 Å². The van der Waals surface area contributed by atoms with Crippen LogP contribution >= 0.6 is 11.6 Å². The lowest BCUT2D eigenvalue weighted by atomic mass is 10.1. The summed E-state index contributed by atoms with van der Waals surface area (Å²) in [6.07, 6.45) is 2.60. The predicted octanol–water partition coefficient (Wildman–Crippen LogP) is 2.85. The molecule has 3 nitrogen and oxygen atoms in total. The van der Waals surface area contributed by atoms with E-state index in [0.29, 0.717) is 10.8 Å². The molecule has 1 atom stereocenters. The van der Waals surface area contributed by atoms with Gasteiger partial charge in [0.15, 0.2) is 0 Å². The molecular weight excluding hydrogens is 238 g/mol. The van der Waals surface area contributed by atoms with E-state index in [2.05, 4.69) is 4.98 Å². The lowest BCUT2D eigenvalue weighted by Crippen LogP contribution is -2.09. The van der Waals surface area contributed by atoms with E-state index in [-0.39, 0.29) is 6.61 Å². The highest BCUT2D eigenvalue weighted by Crippen LogP contribution is 2.17. The molecule has 4 heteroatoms. The molecule has 1 N–H and O–H groups in total. The van der Waals surface area contributed by atoms with Gasteiger partial charge < -0.3 is 9.84 Å². The van der Waals surface area contributed by atoms with Gasteiger partial charge in [-0.15, -0.1) is 0 Å². The van der Waals surface area contributed by atoms with Crippen molar-refractivity contribution in [2.45, 2.75) is 6.10 Å². The Balaban J connectivity index is 1.93. The fourth-order valence-electron chi connectivity index (χ4n) is 1.39. The molecule has 1 heterocycles. The maximum absolute atomic E-state index is 9.88. The van der Waals surface area contributed by atoms with E-state index in [9.17, 15) is 5.11 Å². The van der Waals surface area contributed by atoms with E-state index in [1.165, 1.54) is 0 Å². The number of aliphatic hydroxyl groups is 1. The number of pyridine rings is 1. The summed E-state index contributed by atoms with van der Waals surface area (Å²) in [5.74, 6) is 0.639. The Morgan fingerprint density at radius 2 is 2.00 bits per heavy atom. The first-order chi connectivity index (χ1) is 8.25. The quantitative estimate of drug-likeness (QED) is 0.906. The van der Waals surface area contributed by atoms with Gasteiger partial charge in [-0.05, 0) is 29.8 Å². The molecule has 0 aliphatic heterocycles. The van der Waals surface area contributed by atoms with Crippen molar-refractivity contribution in [3.8, 4) is 5.75 Å². The van der Waals surface area contributed by atoms with Crippen molar-refractivity contribution in [2.75, 3.05) is 6.61 Å². The zero-order chi connectivity index (χ0) is 12.1. The van der Waals surface area contributed by atoms with Crippen LogP contribution in [0.25, 0.3) is 0 Å². The highest BCUT2D eigenvalue weighted by Gasteiger charge is 2.08. The van der Waals surface area contributed by atoms with E-state index >= 15 is 0 Å². The van der Waals surface area contributed by atoms with Crippen molar-refractivity contribution in [1.29, 1.82) is 0 Å². The summed E-state index contributed by atoms with van der Waals surface area (Å²) in [5.41, 5.74) is 0.776. The summed E-state index contributed by atoms with van der Waals surface area (Å²) in [5, 5.41) is 10.5. The first-order valence-corrected chi connectivity index (χ1v) is 5.60. The maximum Gasteiger partial charge on any atom is 0.137 e. The summed E-state index contributed by atoms with van der Waals surface area (Å²) in [6.45, 7) is 0.188. The number of hydrogen-bond acceptors (Lipinski definition) is 3. The highest BCUT2D eigenvalue weighted by atomic mass is 35.5. The molecule has 1 unspecified atom stereocenters. The van der Waals surface area contributed by atoms with Crippen molar-refractivity contribution >= 4 is 11.6 Å². The van der Waals surface area contributed by atoms with E-state index in [1.54, 1.807) is 48.8 Å².